The van der Waals surface area contributed by atoms with Gasteiger partial charge in [0.05, 0.1) is 0 Å². The summed E-state index contributed by atoms with van der Waals surface area (Å²) in [6, 6.07) is -0.0470. The van der Waals surface area contributed by atoms with Gasteiger partial charge < -0.3 is 10.2 Å². The lowest BCUT2D eigenvalue weighted by atomic mass is 10.1. The third-order valence-corrected chi connectivity index (χ3v) is 3.22. The second kappa shape index (κ2) is 4.29. The molecule has 0 aromatic carbocycles. The Morgan fingerprint density at radius 2 is 1.79 bits per heavy atom. The molecule has 0 unspecified atom stereocenters. The molecular formula is C9H18N2O2S. The van der Waals surface area contributed by atoms with Crippen molar-refractivity contribution in [3.8, 4) is 0 Å². The van der Waals surface area contributed by atoms with Crippen LogP contribution in [0.4, 0.5) is 4.79 Å². The van der Waals surface area contributed by atoms with Crippen LogP contribution in [-0.2, 0) is 10.8 Å². The van der Waals surface area contributed by atoms with E-state index in [-0.39, 0.29) is 11.6 Å². The highest BCUT2D eigenvalue weighted by Gasteiger charge is 2.22. The molecule has 0 aromatic rings. The van der Waals surface area contributed by atoms with E-state index in [4.69, 9.17) is 0 Å². The number of rotatable bonds is 0. The zero-order valence-corrected chi connectivity index (χ0v) is 9.82. The van der Waals surface area contributed by atoms with Crippen molar-refractivity contribution >= 4 is 16.8 Å². The lowest BCUT2D eigenvalue weighted by Crippen LogP contribution is -2.52. The van der Waals surface area contributed by atoms with Gasteiger partial charge in [-0.25, -0.2) is 4.79 Å². The number of carbonyl (C=O) groups is 1. The van der Waals surface area contributed by atoms with Crippen molar-refractivity contribution in [2.24, 2.45) is 0 Å². The molecule has 1 aliphatic heterocycles. The van der Waals surface area contributed by atoms with Gasteiger partial charge in [-0.1, -0.05) is 0 Å². The fraction of sp³-hybridized carbons (Fsp3) is 0.889. The summed E-state index contributed by atoms with van der Waals surface area (Å²) in [5.41, 5.74) is -0.201. The number of carbonyl (C=O) groups excluding carboxylic acids is 1. The lowest BCUT2D eigenvalue weighted by molar-refractivity contribution is 0.193. The van der Waals surface area contributed by atoms with Gasteiger partial charge >= 0.3 is 6.03 Å². The summed E-state index contributed by atoms with van der Waals surface area (Å²) < 4.78 is 11.1. The molecule has 1 heterocycles. The molecule has 1 rings (SSSR count). The Labute approximate surface area is 87.5 Å². The SMILES string of the molecule is CC(C)(C)NC(=O)N1CCS(=O)CC1. The Kier molecular flexibility index (Phi) is 3.53. The fourth-order valence-electron chi connectivity index (χ4n) is 1.24. The van der Waals surface area contributed by atoms with Gasteiger partial charge in [0.1, 0.15) is 0 Å². The zero-order valence-electron chi connectivity index (χ0n) is 9.00. The van der Waals surface area contributed by atoms with Crippen LogP contribution in [0.1, 0.15) is 20.8 Å². The summed E-state index contributed by atoms with van der Waals surface area (Å²) in [5.74, 6) is 1.22. The van der Waals surface area contributed by atoms with Crippen LogP contribution in [0.5, 0.6) is 0 Å². The van der Waals surface area contributed by atoms with E-state index in [0.717, 1.165) is 0 Å². The molecule has 0 saturated carbocycles. The van der Waals surface area contributed by atoms with Gasteiger partial charge in [0.15, 0.2) is 0 Å². The van der Waals surface area contributed by atoms with Gasteiger partial charge in [0, 0.05) is 40.9 Å². The highest BCUT2D eigenvalue weighted by atomic mass is 32.2. The van der Waals surface area contributed by atoms with Crippen molar-refractivity contribution in [3.63, 3.8) is 0 Å². The Bertz CT molecular complexity index is 238. The van der Waals surface area contributed by atoms with Crippen molar-refractivity contribution < 1.29 is 9.00 Å². The van der Waals surface area contributed by atoms with E-state index in [1.165, 1.54) is 0 Å². The quantitative estimate of drug-likeness (QED) is 0.646. The normalized spacial score (nSPS) is 19.5. The van der Waals surface area contributed by atoms with Crippen LogP contribution in [0, 0.1) is 0 Å². The van der Waals surface area contributed by atoms with Crippen molar-refractivity contribution in [3.05, 3.63) is 0 Å². The minimum atomic E-state index is -0.722. The lowest BCUT2D eigenvalue weighted by Gasteiger charge is -2.30. The minimum Gasteiger partial charge on any atom is -0.333 e. The van der Waals surface area contributed by atoms with Gasteiger partial charge in [0.2, 0.25) is 0 Å². The van der Waals surface area contributed by atoms with E-state index < -0.39 is 10.8 Å². The van der Waals surface area contributed by atoms with Crippen LogP contribution in [0.15, 0.2) is 0 Å². The number of nitrogens with one attached hydrogen (secondary N) is 1. The third kappa shape index (κ3) is 3.65. The predicted octanol–water partition coefficient (Wildman–Crippen LogP) is 0.559. The fourth-order valence-corrected chi connectivity index (χ4v) is 2.29. The van der Waals surface area contributed by atoms with E-state index in [2.05, 4.69) is 5.32 Å². The Morgan fingerprint density at radius 3 is 2.21 bits per heavy atom. The molecule has 4 nitrogen and oxygen atoms in total. The van der Waals surface area contributed by atoms with Gasteiger partial charge in [-0.2, -0.15) is 0 Å². The number of hydrogen-bond acceptors (Lipinski definition) is 2. The molecule has 0 atom stereocenters. The topological polar surface area (TPSA) is 49.4 Å². The maximum Gasteiger partial charge on any atom is 0.317 e. The van der Waals surface area contributed by atoms with Gasteiger partial charge in [-0.15, -0.1) is 0 Å². The molecule has 1 aliphatic rings. The smallest absolute Gasteiger partial charge is 0.317 e. The Balaban J connectivity index is 2.42. The summed E-state index contributed by atoms with van der Waals surface area (Å²) in [7, 11) is -0.722. The van der Waals surface area contributed by atoms with Crippen LogP contribution < -0.4 is 5.32 Å². The van der Waals surface area contributed by atoms with E-state index in [9.17, 15) is 9.00 Å². The van der Waals surface area contributed by atoms with Gasteiger partial charge in [0.25, 0.3) is 0 Å². The van der Waals surface area contributed by atoms with Crippen molar-refractivity contribution in [1.82, 2.24) is 10.2 Å². The molecule has 0 spiro atoms. The van der Waals surface area contributed by atoms with Gasteiger partial charge in [-0.05, 0) is 20.8 Å². The molecule has 0 aliphatic carbocycles. The standard InChI is InChI=1S/C9H18N2O2S/c1-9(2,3)10-8(12)11-4-6-14(13)7-5-11/h4-7H2,1-3H3,(H,10,12). The van der Waals surface area contributed by atoms with Gasteiger partial charge in [-0.3, -0.25) is 4.21 Å². The van der Waals surface area contributed by atoms with Crippen LogP contribution in [-0.4, -0.2) is 45.3 Å². The largest absolute Gasteiger partial charge is 0.333 e. The molecule has 5 heteroatoms. The van der Waals surface area contributed by atoms with Crippen LogP contribution in [0.25, 0.3) is 0 Å². The summed E-state index contributed by atoms with van der Waals surface area (Å²) in [6.45, 7) is 7.07. The molecule has 1 N–H and O–H groups in total. The third-order valence-electron chi connectivity index (χ3n) is 1.95. The average molecular weight is 218 g/mol. The number of nitrogens with zero attached hydrogens (tertiary/aromatic N) is 1. The first-order valence-electron chi connectivity index (χ1n) is 4.80. The predicted molar refractivity (Wildman–Crippen MR) is 57.7 cm³/mol. The summed E-state index contributed by atoms with van der Waals surface area (Å²) in [5, 5.41) is 2.89. The monoisotopic (exact) mass is 218 g/mol. The molecule has 82 valence electrons. The molecule has 1 saturated heterocycles. The summed E-state index contributed by atoms with van der Waals surface area (Å²) in [6.07, 6.45) is 0. The Hall–Kier alpha value is -0.580. The maximum atomic E-state index is 11.6. The molecular weight excluding hydrogens is 200 g/mol. The molecule has 0 radical (unpaired) electrons. The highest BCUT2D eigenvalue weighted by molar-refractivity contribution is 7.85. The zero-order chi connectivity index (χ0) is 10.8. The first kappa shape index (κ1) is 11.5. The van der Waals surface area contributed by atoms with Crippen LogP contribution in [0.3, 0.4) is 0 Å². The first-order valence-corrected chi connectivity index (χ1v) is 6.29. The minimum absolute atomic E-state index is 0.0470. The molecule has 0 bridgehead atoms. The second-order valence-corrected chi connectivity index (χ2v) is 6.21. The van der Waals surface area contributed by atoms with E-state index in [0.29, 0.717) is 24.6 Å². The highest BCUT2D eigenvalue weighted by Crippen LogP contribution is 2.04. The van der Waals surface area contributed by atoms with Crippen LogP contribution in [0.2, 0.25) is 0 Å². The Morgan fingerprint density at radius 1 is 1.29 bits per heavy atom. The summed E-state index contributed by atoms with van der Waals surface area (Å²) in [4.78, 5) is 13.4. The average Bonchev–Trinajstić information content (AvgIpc) is 2.02. The maximum absolute atomic E-state index is 11.6. The van der Waals surface area contributed by atoms with Crippen molar-refractivity contribution in [2.45, 2.75) is 26.3 Å². The van der Waals surface area contributed by atoms with E-state index in [1.807, 2.05) is 20.8 Å². The van der Waals surface area contributed by atoms with E-state index >= 15 is 0 Å². The van der Waals surface area contributed by atoms with Crippen molar-refractivity contribution in [1.29, 1.82) is 0 Å². The van der Waals surface area contributed by atoms with Crippen LogP contribution >= 0.6 is 0 Å². The molecule has 0 aromatic heterocycles. The summed E-state index contributed by atoms with van der Waals surface area (Å²) >= 11 is 0. The van der Waals surface area contributed by atoms with E-state index in [1.54, 1.807) is 4.90 Å². The molecule has 14 heavy (non-hydrogen) atoms. The number of hydrogen-bond donors (Lipinski definition) is 1. The number of urea groups is 1. The molecule has 1 fully saturated rings. The second-order valence-electron chi connectivity index (χ2n) is 4.52. The molecule has 2 amide bonds. The van der Waals surface area contributed by atoms with Crippen molar-refractivity contribution in [2.75, 3.05) is 24.6 Å². The first-order chi connectivity index (χ1) is 6.38. The number of amides is 2.